The molecule has 1 aromatic carbocycles. The van der Waals surface area contributed by atoms with Gasteiger partial charge >= 0.3 is 0 Å². The first kappa shape index (κ1) is 11.3. The van der Waals surface area contributed by atoms with Crippen molar-refractivity contribution in [1.82, 2.24) is 0 Å². The highest BCUT2D eigenvalue weighted by Crippen LogP contribution is 2.26. The van der Waals surface area contributed by atoms with E-state index in [4.69, 9.17) is 0 Å². The predicted octanol–water partition coefficient (Wildman–Crippen LogP) is 1.62. The zero-order chi connectivity index (χ0) is 11.8. The molecule has 0 saturated heterocycles. The summed E-state index contributed by atoms with van der Waals surface area (Å²) >= 11 is 0. The monoisotopic (exact) mass is 238 g/mol. The van der Waals surface area contributed by atoms with E-state index in [1.165, 1.54) is 0 Å². The number of carbonyl (C=O) groups excluding carboxylic acids is 1. The number of fused-ring (bicyclic) bond motifs is 1. The van der Waals surface area contributed by atoms with Gasteiger partial charge in [-0.3, -0.25) is 4.79 Å². The Labute approximate surface area is 95.4 Å². The predicted molar refractivity (Wildman–Crippen MR) is 62.3 cm³/mol. The van der Waals surface area contributed by atoms with E-state index in [9.17, 15) is 13.2 Å². The van der Waals surface area contributed by atoms with Gasteiger partial charge in [0.1, 0.15) is 5.25 Å². The van der Waals surface area contributed by atoms with Crippen LogP contribution < -0.4 is 0 Å². The summed E-state index contributed by atoms with van der Waals surface area (Å²) in [6.07, 6.45) is 0.903. The van der Waals surface area contributed by atoms with E-state index in [1.54, 1.807) is 12.1 Å². The van der Waals surface area contributed by atoms with Crippen LogP contribution in [0.3, 0.4) is 0 Å². The van der Waals surface area contributed by atoms with Gasteiger partial charge in [-0.25, -0.2) is 8.42 Å². The summed E-state index contributed by atoms with van der Waals surface area (Å²) in [5.74, 6) is -0.138. The minimum Gasteiger partial charge on any atom is -0.293 e. The molecule has 0 heterocycles. The number of sulfone groups is 1. The molecule has 0 aliphatic heterocycles. The van der Waals surface area contributed by atoms with Crippen LogP contribution in [0.25, 0.3) is 0 Å². The molecule has 86 valence electrons. The minimum absolute atomic E-state index is 0.0946. The van der Waals surface area contributed by atoms with Gasteiger partial charge in [0.05, 0.1) is 5.75 Å². The molecule has 1 atom stereocenters. The zero-order valence-corrected chi connectivity index (χ0v) is 9.96. The maximum absolute atomic E-state index is 11.9. The first-order chi connectivity index (χ1) is 7.56. The van der Waals surface area contributed by atoms with E-state index in [0.29, 0.717) is 18.4 Å². The highest BCUT2D eigenvalue weighted by Gasteiger charge is 2.38. The van der Waals surface area contributed by atoms with E-state index in [-0.39, 0.29) is 11.5 Å². The molecule has 4 heteroatoms. The first-order valence-corrected chi connectivity index (χ1v) is 7.11. The molecule has 0 amide bonds. The Morgan fingerprint density at radius 2 is 2.00 bits per heavy atom. The van der Waals surface area contributed by atoms with Crippen molar-refractivity contribution >= 4 is 15.6 Å². The Morgan fingerprint density at radius 3 is 2.62 bits per heavy atom. The van der Waals surface area contributed by atoms with Crippen LogP contribution >= 0.6 is 0 Å². The topological polar surface area (TPSA) is 51.2 Å². The lowest BCUT2D eigenvalue weighted by molar-refractivity contribution is 0.0998. The summed E-state index contributed by atoms with van der Waals surface area (Å²) < 4.78 is 23.8. The van der Waals surface area contributed by atoms with Crippen LogP contribution in [-0.4, -0.2) is 25.2 Å². The lowest BCUT2D eigenvalue weighted by Gasteiger charge is -2.08. The van der Waals surface area contributed by atoms with Crippen molar-refractivity contribution in [3.63, 3.8) is 0 Å². The van der Waals surface area contributed by atoms with Crippen molar-refractivity contribution in [3.8, 4) is 0 Å². The van der Waals surface area contributed by atoms with Gasteiger partial charge in [0, 0.05) is 5.56 Å². The maximum Gasteiger partial charge on any atom is 0.181 e. The molecular formula is C12H14O3S. The van der Waals surface area contributed by atoms with Crippen LogP contribution in [0.5, 0.6) is 0 Å². The fourth-order valence-corrected chi connectivity index (χ4v) is 3.86. The average molecular weight is 238 g/mol. The van der Waals surface area contributed by atoms with Gasteiger partial charge < -0.3 is 0 Å². The van der Waals surface area contributed by atoms with E-state index in [1.807, 2.05) is 19.1 Å². The van der Waals surface area contributed by atoms with Crippen molar-refractivity contribution in [2.75, 3.05) is 5.75 Å². The number of rotatable bonds is 3. The second-order valence-corrected chi connectivity index (χ2v) is 6.38. The molecule has 0 saturated carbocycles. The summed E-state index contributed by atoms with van der Waals surface area (Å²) in [4.78, 5) is 11.9. The highest BCUT2D eigenvalue weighted by molar-refractivity contribution is 7.92. The number of benzene rings is 1. The van der Waals surface area contributed by atoms with Crippen LogP contribution in [0.1, 0.15) is 29.3 Å². The van der Waals surface area contributed by atoms with Gasteiger partial charge in [0.15, 0.2) is 15.6 Å². The number of hydrogen-bond donors (Lipinski definition) is 0. The third-order valence-corrected chi connectivity index (χ3v) is 5.13. The normalized spacial score (nSPS) is 19.8. The number of ketones is 1. The Bertz CT molecular complexity index is 517. The Hall–Kier alpha value is -1.16. The van der Waals surface area contributed by atoms with Gasteiger partial charge in [0.2, 0.25) is 0 Å². The SMILES string of the molecule is CCCS(=O)(=O)C1Cc2ccccc2C1=O. The van der Waals surface area contributed by atoms with Crippen molar-refractivity contribution < 1.29 is 13.2 Å². The number of carbonyl (C=O) groups is 1. The van der Waals surface area contributed by atoms with Gasteiger partial charge in [-0.15, -0.1) is 0 Å². The number of Topliss-reactive ketones (excluding diaryl/α,β-unsaturated/α-hetero) is 1. The van der Waals surface area contributed by atoms with Crippen LogP contribution in [0.15, 0.2) is 24.3 Å². The maximum atomic E-state index is 11.9. The fourth-order valence-electron chi connectivity index (χ4n) is 2.12. The van der Waals surface area contributed by atoms with Crippen LogP contribution in [-0.2, 0) is 16.3 Å². The Balaban J connectivity index is 2.36. The standard InChI is InChI=1S/C12H14O3S/c1-2-7-16(14,15)11-8-9-5-3-4-6-10(9)12(11)13/h3-6,11H,2,7-8H2,1H3. The lowest BCUT2D eigenvalue weighted by Crippen LogP contribution is -2.29. The third kappa shape index (κ3) is 1.78. The van der Waals surface area contributed by atoms with Gasteiger partial charge in [-0.2, -0.15) is 0 Å². The molecule has 3 nitrogen and oxygen atoms in total. The molecule has 0 radical (unpaired) electrons. The van der Waals surface area contributed by atoms with Crippen LogP contribution in [0.2, 0.25) is 0 Å². The summed E-state index contributed by atoms with van der Waals surface area (Å²) in [6.45, 7) is 1.81. The van der Waals surface area contributed by atoms with E-state index < -0.39 is 15.1 Å². The molecule has 0 spiro atoms. The largest absolute Gasteiger partial charge is 0.293 e. The quantitative estimate of drug-likeness (QED) is 0.804. The van der Waals surface area contributed by atoms with Gasteiger partial charge in [-0.05, 0) is 18.4 Å². The summed E-state index contributed by atoms with van der Waals surface area (Å²) in [5, 5.41) is -0.843. The van der Waals surface area contributed by atoms with Crippen molar-refractivity contribution in [1.29, 1.82) is 0 Å². The second-order valence-electron chi connectivity index (χ2n) is 4.08. The summed E-state index contributed by atoms with van der Waals surface area (Å²) in [6, 6.07) is 7.14. The minimum atomic E-state index is -3.28. The van der Waals surface area contributed by atoms with Gasteiger partial charge in [-0.1, -0.05) is 31.2 Å². The van der Waals surface area contributed by atoms with E-state index in [2.05, 4.69) is 0 Å². The number of hydrogen-bond acceptors (Lipinski definition) is 3. The highest BCUT2D eigenvalue weighted by atomic mass is 32.2. The first-order valence-electron chi connectivity index (χ1n) is 5.40. The molecule has 2 rings (SSSR count). The summed E-state index contributed by atoms with van der Waals surface area (Å²) in [5.41, 5.74) is 1.43. The molecule has 0 bridgehead atoms. The molecule has 0 aromatic heterocycles. The smallest absolute Gasteiger partial charge is 0.181 e. The molecular weight excluding hydrogens is 224 g/mol. The third-order valence-electron chi connectivity index (χ3n) is 2.90. The zero-order valence-electron chi connectivity index (χ0n) is 9.14. The van der Waals surface area contributed by atoms with E-state index >= 15 is 0 Å². The lowest BCUT2D eigenvalue weighted by atomic mass is 10.1. The molecule has 0 N–H and O–H groups in total. The molecule has 1 aliphatic rings. The molecule has 0 fully saturated rings. The van der Waals surface area contributed by atoms with Gasteiger partial charge in [0.25, 0.3) is 0 Å². The van der Waals surface area contributed by atoms with Crippen molar-refractivity contribution in [2.24, 2.45) is 0 Å². The second kappa shape index (κ2) is 4.01. The van der Waals surface area contributed by atoms with E-state index in [0.717, 1.165) is 5.56 Å². The Kier molecular flexibility index (Phi) is 2.84. The average Bonchev–Trinajstić information content (AvgIpc) is 2.58. The summed E-state index contributed by atoms with van der Waals surface area (Å²) in [7, 11) is -3.28. The van der Waals surface area contributed by atoms with Crippen LogP contribution in [0.4, 0.5) is 0 Å². The molecule has 1 unspecified atom stereocenters. The van der Waals surface area contributed by atoms with Crippen LogP contribution in [0, 0.1) is 0 Å². The molecule has 16 heavy (non-hydrogen) atoms. The molecule has 1 aliphatic carbocycles. The van der Waals surface area contributed by atoms with Crippen molar-refractivity contribution in [2.45, 2.75) is 25.0 Å². The Morgan fingerprint density at radius 1 is 1.31 bits per heavy atom. The molecule has 1 aromatic rings. The van der Waals surface area contributed by atoms with Crippen molar-refractivity contribution in [3.05, 3.63) is 35.4 Å². The fraction of sp³-hybridized carbons (Fsp3) is 0.417.